The van der Waals surface area contributed by atoms with Gasteiger partial charge in [-0.3, -0.25) is 4.68 Å². The maximum Gasteiger partial charge on any atom is 0.417 e. The molecular formula is C8H7F3N2O2. The van der Waals surface area contributed by atoms with Crippen LogP contribution in [0.5, 0.6) is 0 Å². The number of allylic oxidation sites excluding steroid dienone is 1. The lowest BCUT2D eigenvalue weighted by Crippen LogP contribution is -2.15. The molecule has 0 atom stereocenters. The normalized spacial score (nSPS) is 11.5. The van der Waals surface area contributed by atoms with Crippen molar-refractivity contribution in [1.82, 2.24) is 9.78 Å². The zero-order valence-electron chi connectivity index (χ0n) is 7.67. The SMILES string of the molecule is C=C(c1c(C(=O)O)cnn1C)C(F)(F)F. The molecule has 0 aliphatic rings. The van der Waals surface area contributed by atoms with Gasteiger partial charge in [-0.15, -0.1) is 0 Å². The smallest absolute Gasteiger partial charge is 0.417 e. The third-order valence-corrected chi connectivity index (χ3v) is 1.80. The highest BCUT2D eigenvalue weighted by Gasteiger charge is 2.37. The van der Waals surface area contributed by atoms with Gasteiger partial charge < -0.3 is 5.11 Å². The summed E-state index contributed by atoms with van der Waals surface area (Å²) >= 11 is 0. The molecule has 0 aromatic carbocycles. The van der Waals surface area contributed by atoms with Crippen LogP contribution in [0.3, 0.4) is 0 Å². The molecule has 0 aliphatic heterocycles. The number of alkyl halides is 3. The Kier molecular flexibility index (Phi) is 2.57. The molecule has 1 heterocycles. The van der Waals surface area contributed by atoms with E-state index in [0.717, 1.165) is 10.9 Å². The van der Waals surface area contributed by atoms with Gasteiger partial charge in [0.05, 0.1) is 17.5 Å². The molecule has 82 valence electrons. The van der Waals surface area contributed by atoms with Crippen LogP contribution in [0.2, 0.25) is 0 Å². The molecule has 1 aromatic heterocycles. The molecule has 0 saturated carbocycles. The van der Waals surface area contributed by atoms with E-state index >= 15 is 0 Å². The maximum absolute atomic E-state index is 12.3. The number of aromatic carboxylic acids is 1. The molecule has 0 bridgehead atoms. The summed E-state index contributed by atoms with van der Waals surface area (Å²) in [5.74, 6) is -1.47. The number of hydrogen-bond donors (Lipinski definition) is 1. The van der Waals surface area contributed by atoms with Gasteiger partial charge in [0.1, 0.15) is 5.56 Å². The van der Waals surface area contributed by atoms with E-state index in [4.69, 9.17) is 5.11 Å². The molecular weight excluding hydrogens is 213 g/mol. The van der Waals surface area contributed by atoms with Gasteiger partial charge in [0.2, 0.25) is 0 Å². The van der Waals surface area contributed by atoms with Crippen molar-refractivity contribution in [3.63, 3.8) is 0 Å². The number of carboxylic acid groups (broad SMARTS) is 1. The summed E-state index contributed by atoms with van der Waals surface area (Å²) in [6.45, 7) is 2.82. The molecule has 0 fully saturated rings. The first-order chi connectivity index (χ1) is 6.75. The van der Waals surface area contributed by atoms with Gasteiger partial charge in [-0.2, -0.15) is 18.3 Å². The number of halogens is 3. The summed E-state index contributed by atoms with van der Waals surface area (Å²) in [6, 6.07) is 0. The summed E-state index contributed by atoms with van der Waals surface area (Å²) in [4.78, 5) is 10.6. The van der Waals surface area contributed by atoms with Crippen LogP contribution in [0, 0.1) is 0 Å². The van der Waals surface area contributed by atoms with Crippen LogP contribution in [-0.4, -0.2) is 27.0 Å². The van der Waals surface area contributed by atoms with Crippen LogP contribution in [0.15, 0.2) is 12.8 Å². The minimum absolute atomic E-state index is 0.514. The summed E-state index contributed by atoms with van der Waals surface area (Å²) < 4.78 is 37.7. The van der Waals surface area contributed by atoms with E-state index in [2.05, 4.69) is 11.7 Å². The molecule has 4 nitrogen and oxygen atoms in total. The maximum atomic E-state index is 12.3. The second-order valence-corrected chi connectivity index (χ2v) is 2.81. The van der Waals surface area contributed by atoms with Crippen LogP contribution < -0.4 is 0 Å². The Bertz CT molecular complexity index is 420. The van der Waals surface area contributed by atoms with E-state index in [9.17, 15) is 18.0 Å². The molecule has 1 aromatic rings. The minimum Gasteiger partial charge on any atom is -0.478 e. The number of carboxylic acids is 1. The van der Waals surface area contributed by atoms with Gasteiger partial charge in [-0.25, -0.2) is 4.79 Å². The van der Waals surface area contributed by atoms with Gasteiger partial charge in [-0.1, -0.05) is 6.58 Å². The zero-order chi connectivity index (χ0) is 11.8. The van der Waals surface area contributed by atoms with E-state index in [-0.39, 0.29) is 0 Å². The molecule has 0 radical (unpaired) electrons. The fourth-order valence-electron chi connectivity index (χ4n) is 1.09. The van der Waals surface area contributed by atoms with Crippen LogP contribution in [0.25, 0.3) is 5.57 Å². The molecule has 0 unspecified atom stereocenters. The van der Waals surface area contributed by atoms with Crippen molar-refractivity contribution in [2.45, 2.75) is 6.18 Å². The monoisotopic (exact) mass is 220 g/mol. The highest BCUT2D eigenvalue weighted by atomic mass is 19.4. The van der Waals surface area contributed by atoms with Gasteiger partial charge in [0.15, 0.2) is 0 Å². The number of nitrogens with zero attached hydrogens (tertiary/aromatic N) is 2. The van der Waals surface area contributed by atoms with E-state index in [0.29, 0.717) is 0 Å². The summed E-state index contributed by atoms with van der Waals surface area (Å²) in [6.07, 6.45) is -3.81. The number of rotatable bonds is 2. The number of carbonyl (C=O) groups is 1. The predicted octanol–water partition coefficient (Wildman–Crippen LogP) is 1.69. The second kappa shape index (κ2) is 3.41. The third-order valence-electron chi connectivity index (χ3n) is 1.80. The van der Waals surface area contributed by atoms with Gasteiger partial charge in [0.25, 0.3) is 0 Å². The Morgan fingerprint density at radius 1 is 1.60 bits per heavy atom. The van der Waals surface area contributed by atoms with E-state index < -0.39 is 29.0 Å². The van der Waals surface area contributed by atoms with Crippen LogP contribution in [0.1, 0.15) is 16.1 Å². The first-order valence-electron chi connectivity index (χ1n) is 3.77. The Morgan fingerprint density at radius 3 is 2.53 bits per heavy atom. The van der Waals surface area contributed by atoms with Crippen molar-refractivity contribution in [1.29, 1.82) is 0 Å². The van der Waals surface area contributed by atoms with Crippen molar-refractivity contribution in [2.75, 3.05) is 0 Å². The molecule has 1 N–H and O–H groups in total. The number of aromatic nitrogens is 2. The van der Waals surface area contributed by atoms with Crippen LogP contribution >= 0.6 is 0 Å². The first kappa shape index (κ1) is 11.3. The summed E-state index contributed by atoms with van der Waals surface area (Å²) in [5, 5.41) is 12.1. The summed E-state index contributed by atoms with van der Waals surface area (Å²) in [5.41, 5.74) is -2.27. The fraction of sp³-hybridized carbons (Fsp3) is 0.250. The van der Waals surface area contributed by atoms with Crippen molar-refractivity contribution < 1.29 is 23.1 Å². The molecule has 0 spiro atoms. The lowest BCUT2D eigenvalue weighted by Gasteiger charge is -2.10. The molecule has 1 rings (SSSR count). The minimum atomic E-state index is -4.67. The van der Waals surface area contributed by atoms with Crippen molar-refractivity contribution in [3.05, 3.63) is 24.0 Å². The number of hydrogen-bond acceptors (Lipinski definition) is 2. The van der Waals surface area contributed by atoms with Gasteiger partial charge >= 0.3 is 12.1 Å². The molecule has 0 amide bonds. The number of aryl methyl sites for hydroxylation is 1. The predicted molar refractivity (Wildman–Crippen MR) is 45.3 cm³/mol. The molecule has 0 saturated heterocycles. The van der Waals surface area contributed by atoms with Crippen LogP contribution in [-0.2, 0) is 7.05 Å². The Labute approximate surface area is 82.6 Å². The first-order valence-corrected chi connectivity index (χ1v) is 3.77. The Hall–Kier alpha value is -1.79. The van der Waals surface area contributed by atoms with E-state index in [1.54, 1.807) is 0 Å². The second-order valence-electron chi connectivity index (χ2n) is 2.81. The Balaban J connectivity index is 3.30. The lowest BCUT2D eigenvalue weighted by atomic mass is 10.1. The average Bonchev–Trinajstić information content (AvgIpc) is 2.44. The van der Waals surface area contributed by atoms with Crippen molar-refractivity contribution in [2.24, 2.45) is 7.05 Å². The van der Waals surface area contributed by atoms with E-state index in [1.165, 1.54) is 7.05 Å². The quantitative estimate of drug-likeness (QED) is 0.825. The zero-order valence-corrected chi connectivity index (χ0v) is 7.67. The van der Waals surface area contributed by atoms with Crippen molar-refractivity contribution >= 4 is 11.5 Å². The summed E-state index contributed by atoms with van der Waals surface area (Å²) in [7, 11) is 1.22. The topological polar surface area (TPSA) is 55.1 Å². The lowest BCUT2D eigenvalue weighted by molar-refractivity contribution is -0.0691. The highest BCUT2D eigenvalue weighted by Crippen LogP contribution is 2.33. The van der Waals surface area contributed by atoms with Crippen molar-refractivity contribution in [3.8, 4) is 0 Å². The Morgan fingerprint density at radius 2 is 2.13 bits per heavy atom. The van der Waals surface area contributed by atoms with Gasteiger partial charge in [-0.05, 0) is 0 Å². The molecule has 7 heteroatoms. The largest absolute Gasteiger partial charge is 0.478 e. The fourth-order valence-corrected chi connectivity index (χ4v) is 1.09. The third kappa shape index (κ3) is 2.00. The van der Waals surface area contributed by atoms with Crippen LogP contribution in [0.4, 0.5) is 13.2 Å². The average molecular weight is 220 g/mol. The molecule has 0 aliphatic carbocycles. The molecule has 15 heavy (non-hydrogen) atoms. The highest BCUT2D eigenvalue weighted by molar-refractivity contribution is 5.93. The standard InChI is InChI=1S/C8H7F3N2O2/c1-4(8(9,10)11)6-5(7(14)15)3-12-13(6)2/h3H,1H2,2H3,(H,14,15). The van der Waals surface area contributed by atoms with Gasteiger partial charge in [0, 0.05) is 7.05 Å². The van der Waals surface area contributed by atoms with E-state index in [1.807, 2.05) is 0 Å².